The Bertz CT molecular complexity index is 660. The average Bonchev–Trinajstić information content (AvgIpc) is 3.33. The first kappa shape index (κ1) is 15.5. The fraction of sp³-hybridized carbons (Fsp3) is 0.579. The molecule has 128 valence electrons. The number of amides is 3. The van der Waals surface area contributed by atoms with Crippen LogP contribution in [0.1, 0.15) is 36.8 Å². The Morgan fingerprint density at radius 2 is 2.17 bits per heavy atom. The van der Waals surface area contributed by atoms with Crippen LogP contribution >= 0.6 is 0 Å². The summed E-state index contributed by atoms with van der Waals surface area (Å²) < 4.78 is 0. The zero-order chi connectivity index (χ0) is 16.6. The number of urea groups is 1. The lowest BCUT2D eigenvalue weighted by molar-refractivity contribution is -0.120. The summed E-state index contributed by atoms with van der Waals surface area (Å²) in [7, 11) is 0. The summed E-state index contributed by atoms with van der Waals surface area (Å²) in [4.78, 5) is 25.5. The van der Waals surface area contributed by atoms with Gasteiger partial charge in [-0.1, -0.05) is 24.3 Å². The van der Waals surface area contributed by atoms with Crippen molar-refractivity contribution in [3.63, 3.8) is 0 Å². The third-order valence-electron chi connectivity index (χ3n) is 5.95. The first-order chi connectivity index (χ1) is 11.7. The number of hydrogen-bond donors (Lipinski definition) is 2. The maximum absolute atomic E-state index is 12.4. The Morgan fingerprint density at radius 1 is 1.29 bits per heavy atom. The van der Waals surface area contributed by atoms with Crippen molar-refractivity contribution in [3.8, 4) is 0 Å². The van der Waals surface area contributed by atoms with Crippen molar-refractivity contribution in [2.75, 3.05) is 26.2 Å². The summed E-state index contributed by atoms with van der Waals surface area (Å²) in [6.07, 6.45) is 5.26. The summed E-state index contributed by atoms with van der Waals surface area (Å²) in [6.45, 7) is 2.39. The first-order valence-electron chi connectivity index (χ1n) is 9.07. The number of rotatable bonds is 2. The van der Waals surface area contributed by atoms with Crippen molar-refractivity contribution in [3.05, 3.63) is 35.4 Å². The summed E-state index contributed by atoms with van der Waals surface area (Å²) in [5, 5.41) is 5.91. The summed E-state index contributed by atoms with van der Waals surface area (Å²) in [5.41, 5.74) is 3.31. The van der Waals surface area contributed by atoms with Gasteiger partial charge >= 0.3 is 6.03 Å². The van der Waals surface area contributed by atoms with Crippen LogP contribution in [0.3, 0.4) is 0 Å². The molecule has 2 N–H and O–H groups in total. The lowest BCUT2D eigenvalue weighted by Gasteiger charge is -2.27. The van der Waals surface area contributed by atoms with E-state index in [1.807, 2.05) is 0 Å². The Hall–Kier alpha value is -2.04. The minimum atomic E-state index is -0.0300. The second-order valence-corrected chi connectivity index (χ2v) is 7.34. The molecule has 5 nitrogen and oxygen atoms in total. The van der Waals surface area contributed by atoms with Crippen molar-refractivity contribution < 1.29 is 9.59 Å². The van der Waals surface area contributed by atoms with E-state index in [9.17, 15) is 9.59 Å². The molecular formula is C19H25N3O2. The third kappa shape index (κ3) is 2.76. The van der Waals surface area contributed by atoms with Gasteiger partial charge in [-0.25, -0.2) is 4.79 Å². The van der Waals surface area contributed by atoms with Crippen LogP contribution in [0.25, 0.3) is 0 Å². The fourth-order valence-corrected chi connectivity index (χ4v) is 4.53. The monoisotopic (exact) mass is 327 g/mol. The van der Waals surface area contributed by atoms with Crippen LogP contribution in [0.15, 0.2) is 24.3 Å². The summed E-state index contributed by atoms with van der Waals surface area (Å²) in [5.74, 6) is 0.583. The number of fused-ring (bicyclic) bond motifs is 2. The molecule has 1 aromatic carbocycles. The normalized spacial score (nSPS) is 28.8. The smallest absolute Gasteiger partial charge is 0.317 e. The van der Waals surface area contributed by atoms with Gasteiger partial charge in [-0.3, -0.25) is 4.79 Å². The van der Waals surface area contributed by atoms with E-state index in [4.69, 9.17) is 0 Å². The molecule has 1 aromatic rings. The molecule has 4 rings (SSSR count). The van der Waals surface area contributed by atoms with Crippen molar-refractivity contribution in [2.45, 2.75) is 37.5 Å². The van der Waals surface area contributed by atoms with E-state index >= 15 is 0 Å². The largest absolute Gasteiger partial charge is 0.354 e. The predicted molar refractivity (Wildman–Crippen MR) is 91.8 cm³/mol. The molecule has 2 unspecified atom stereocenters. The molecule has 1 saturated carbocycles. The highest BCUT2D eigenvalue weighted by Crippen LogP contribution is 2.59. The Morgan fingerprint density at radius 3 is 3.08 bits per heavy atom. The van der Waals surface area contributed by atoms with Crippen LogP contribution in [0, 0.1) is 5.92 Å². The second-order valence-electron chi connectivity index (χ2n) is 7.34. The van der Waals surface area contributed by atoms with Crippen molar-refractivity contribution in [1.29, 1.82) is 0 Å². The number of benzene rings is 1. The van der Waals surface area contributed by atoms with Gasteiger partial charge in [0.25, 0.3) is 0 Å². The molecule has 1 saturated heterocycles. The number of nitrogens with zero attached hydrogens (tertiary/aromatic N) is 1. The van der Waals surface area contributed by atoms with E-state index in [-0.39, 0.29) is 11.9 Å². The van der Waals surface area contributed by atoms with Gasteiger partial charge in [0.05, 0.1) is 0 Å². The molecule has 0 radical (unpaired) electrons. The zero-order valence-corrected chi connectivity index (χ0v) is 14.0. The van der Waals surface area contributed by atoms with Gasteiger partial charge in [0.15, 0.2) is 0 Å². The average molecular weight is 327 g/mol. The molecule has 1 heterocycles. The van der Waals surface area contributed by atoms with Crippen molar-refractivity contribution >= 4 is 11.9 Å². The van der Waals surface area contributed by atoms with Crippen LogP contribution in [0.2, 0.25) is 0 Å². The van der Waals surface area contributed by atoms with Gasteiger partial charge in [-0.2, -0.15) is 0 Å². The minimum absolute atomic E-state index is 0.0300. The number of carbonyl (C=O) groups excluding carboxylic acids is 2. The van der Waals surface area contributed by atoms with Gasteiger partial charge in [0.1, 0.15) is 0 Å². The second kappa shape index (κ2) is 6.11. The molecule has 3 aliphatic rings. The third-order valence-corrected chi connectivity index (χ3v) is 5.95. The molecular weight excluding hydrogens is 302 g/mol. The maximum atomic E-state index is 12.4. The topological polar surface area (TPSA) is 61.4 Å². The van der Waals surface area contributed by atoms with Gasteiger partial charge < -0.3 is 15.5 Å². The van der Waals surface area contributed by atoms with Gasteiger partial charge in [0, 0.05) is 38.0 Å². The van der Waals surface area contributed by atoms with Crippen LogP contribution in [0.4, 0.5) is 4.79 Å². The zero-order valence-electron chi connectivity index (χ0n) is 14.0. The Balaban J connectivity index is 1.35. The van der Waals surface area contributed by atoms with Gasteiger partial charge in [0.2, 0.25) is 5.91 Å². The molecule has 2 aliphatic carbocycles. The lowest BCUT2D eigenvalue weighted by Crippen LogP contribution is -2.43. The highest BCUT2D eigenvalue weighted by atomic mass is 16.2. The maximum Gasteiger partial charge on any atom is 0.317 e. The Labute approximate surface area is 142 Å². The lowest BCUT2D eigenvalue weighted by atomic mass is 9.78. The molecule has 1 spiro atoms. The van der Waals surface area contributed by atoms with Crippen molar-refractivity contribution in [1.82, 2.24) is 15.5 Å². The van der Waals surface area contributed by atoms with Crippen LogP contribution in [-0.2, 0) is 16.6 Å². The highest BCUT2D eigenvalue weighted by Gasteiger charge is 2.56. The molecule has 24 heavy (non-hydrogen) atoms. The van der Waals surface area contributed by atoms with Gasteiger partial charge in [-0.15, -0.1) is 0 Å². The number of hydrogen-bond acceptors (Lipinski definition) is 2. The highest BCUT2D eigenvalue weighted by molar-refractivity contribution is 5.79. The molecule has 1 aliphatic heterocycles. The number of aryl methyl sites for hydroxylation is 1. The minimum Gasteiger partial charge on any atom is -0.354 e. The van der Waals surface area contributed by atoms with E-state index in [1.54, 1.807) is 4.90 Å². The van der Waals surface area contributed by atoms with Gasteiger partial charge in [-0.05, 0) is 42.7 Å². The fourth-order valence-electron chi connectivity index (χ4n) is 4.53. The quantitative estimate of drug-likeness (QED) is 0.870. The number of nitrogens with one attached hydrogen (secondary N) is 2. The van der Waals surface area contributed by atoms with E-state index < -0.39 is 0 Å². The molecule has 5 heteroatoms. The molecule has 3 amide bonds. The van der Waals surface area contributed by atoms with Crippen LogP contribution < -0.4 is 10.6 Å². The molecule has 2 fully saturated rings. The van der Waals surface area contributed by atoms with E-state index in [0.717, 1.165) is 6.54 Å². The molecule has 0 aromatic heterocycles. The number of carbonyl (C=O) groups is 2. The molecule has 0 bridgehead atoms. The SMILES string of the molecule is O=C1CCN(C(=O)NCC2CC23CCCc2ccccc23)CCN1. The van der Waals surface area contributed by atoms with E-state index in [2.05, 4.69) is 34.9 Å². The standard InChI is InChI=1S/C19H25N3O2/c23-17-7-10-22(11-9-20-17)18(24)21-13-15-12-19(15)8-3-5-14-4-1-2-6-16(14)19/h1-2,4,6,15H,3,5,7-13H2,(H,20,23)(H,21,24). The van der Waals surface area contributed by atoms with E-state index in [0.29, 0.717) is 37.4 Å². The van der Waals surface area contributed by atoms with Crippen LogP contribution in [-0.4, -0.2) is 43.0 Å². The summed E-state index contributed by atoms with van der Waals surface area (Å²) >= 11 is 0. The first-order valence-corrected chi connectivity index (χ1v) is 9.07. The predicted octanol–water partition coefficient (Wildman–Crippen LogP) is 1.81. The van der Waals surface area contributed by atoms with Crippen molar-refractivity contribution in [2.24, 2.45) is 5.92 Å². The molecule has 2 atom stereocenters. The summed E-state index contributed by atoms with van der Waals surface area (Å²) in [6, 6.07) is 8.78. The Kier molecular flexibility index (Phi) is 3.94. The van der Waals surface area contributed by atoms with Crippen LogP contribution in [0.5, 0.6) is 0 Å². The van der Waals surface area contributed by atoms with E-state index in [1.165, 1.54) is 36.8 Å².